The first-order valence-corrected chi connectivity index (χ1v) is 6.62. The van der Waals surface area contributed by atoms with E-state index in [-0.39, 0.29) is 6.61 Å². The Hall–Kier alpha value is -2.27. The summed E-state index contributed by atoms with van der Waals surface area (Å²) in [6.45, 7) is 2.00. The number of nitrogens with zero attached hydrogens (tertiary/aromatic N) is 1. The van der Waals surface area contributed by atoms with Gasteiger partial charge < -0.3 is 19.3 Å². The first-order valence-electron chi connectivity index (χ1n) is 6.62. The van der Waals surface area contributed by atoms with Gasteiger partial charge in [-0.05, 0) is 24.6 Å². The van der Waals surface area contributed by atoms with Crippen molar-refractivity contribution in [2.45, 2.75) is 19.6 Å². The number of ether oxygens (including phenoxy) is 3. The second kappa shape index (κ2) is 6.95. The van der Waals surface area contributed by atoms with Crippen LogP contribution in [0.4, 0.5) is 0 Å². The third kappa shape index (κ3) is 3.64. The van der Waals surface area contributed by atoms with Crippen LogP contribution in [0, 0.1) is 0 Å². The van der Waals surface area contributed by atoms with Gasteiger partial charge in [0.15, 0.2) is 11.5 Å². The molecule has 0 saturated heterocycles. The average molecular weight is 289 g/mol. The highest BCUT2D eigenvalue weighted by atomic mass is 16.5. The number of methoxy groups -OCH3 is 2. The van der Waals surface area contributed by atoms with E-state index in [9.17, 15) is 5.11 Å². The zero-order valence-electron chi connectivity index (χ0n) is 12.4. The summed E-state index contributed by atoms with van der Waals surface area (Å²) in [7, 11) is 3.15. The molecule has 1 atom stereocenters. The monoisotopic (exact) mass is 289 g/mol. The second-order valence-electron chi connectivity index (χ2n) is 4.53. The number of rotatable bonds is 6. The number of aliphatic hydroxyl groups is 1. The Bertz CT molecular complexity index is 581. The number of pyridine rings is 1. The Labute approximate surface area is 124 Å². The summed E-state index contributed by atoms with van der Waals surface area (Å²) in [6, 6.07) is 9.02. The minimum atomic E-state index is -0.487. The van der Waals surface area contributed by atoms with Crippen LogP contribution in [0.5, 0.6) is 17.2 Å². The first-order chi connectivity index (χ1) is 10.2. The Kier molecular flexibility index (Phi) is 5.00. The fraction of sp³-hybridized carbons (Fsp3) is 0.312. The van der Waals surface area contributed by atoms with Crippen molar-refractivity contribution in [1.29, 1.82) is 0 Å². The van der Waals surface area contributed by atoms with Gasteiger partial charge in [-0.3, -0.25) is 4.98 Å². The van der Waals surface area contributed by atoms with Crippen LogP contribution in [0.15, 0.2) is 36.5 Å². The lowest BCUT2D eigenvalue weighted by molar-refractivity contribution is 0.199. The maximum absolute atomic E-state index is 9.47. The highest BCUT2D eigenvalue weighted by molar-refractivity contribution is 5.42. The van der Waals surface area contributed by atoms with E-state index < -0.39 is 6.10 Å². The molecule has 1 aromatic carbocycles. The molecular formula is C16H19NO4. The van der Waals surface area contributed by atoms with Crippen molar-refractivity contribution in [2.75, 3.05) is 14.2 Å². The van der Waals surface area contributed by atoms with E-state index in [4.69, 9.17) is 14.2 Å². The molecule has 1 heterocycles. The van der Waals surface area contributed by atoms with Crippen LogP contribution < -0.4 is 14.2 Å². The van der Waals surface area contributed by atoms with E-state index in [0.717, 1.165) is 5.56 Å². The maximum Gasteiger partial charge on any atom is 0.185 e. The topological polar surface area (TPSA) is 60.8 Å². The standard InChI is InChI=1S/C16H19NO4/c1-11(18)12-4-6-13(7-5-12)21-10-14-16(20-3)15(19-2)8-9-17-14/h4-9,11,18H,10H2,1-3H3. The van der Waals surface area contributed by atoms with Gasteiger partial charge in [-0.2, -0.15) is 0 Å². The molecule has 5 nitrogen and oxygen atoms in total. The van der Waals surface area contributed by atoms with Gasteiger partial charge in [0.25, 0.3) is 0 Å². The SMILES string of the molecule is COc1ccnc(COc2ccc(C(C)O)cc2)c1OC. The summed E-state index contributed by atoms with van der Waals surface area (Å²) in [5.41, 5.74) is 1.51. The highest BCUT2D eigenvalue weighted by Gasteiger charge is 2.11. The van der Waals surface area contributed by atoms with Gasteiger partial charge in [-0.25, -0.2) is 0 Å². The molecule has 0 aliphatic carbocycles. The Balaban J connectivity index is 2.09. The zero-order valence-corrected chi connectivity index (χ0v) is 12.4. The summed E-state index contributed by atoms with van der Waals surface area (Å²) in [5, 5.41) is 9.47. The molecule has 1 unspecified atom stereocenters. The quantitative estimate of drug-likeness (QED) is 0.886. The highest BCUT2D eigenvalue weighted by Crippen LogP contribution is 2.29. The number of hydrogen-bond donors (Lipinski definition) is 1. The third-order valence-electron chi connectivity index (χ3n) is 3.10. The molecule has 1 aromatic heterocycles. The summed E-state index contributed by atoms with van der Waals surface area (Å²) in [6.07, 6.45) is 1.16. The van der Waals surface area contributed by atoms with Crippen LogP contribution in [0.3, 0.4) is 0 Å². The first kappa shape index (κ1) is 15.1. The number of aliphatic hydroxyl groups excluding tert-OH is 1. The molecule has 2 rings (SSSR count). The van der Waals surface area contributed by atoms with Crippen LogP contribution in [0.1, 0.15) is 24.3 Å². The van der Waals surface area contributed by atoms with Crippen LogP contribution in [0.2, 0.25) is 0 Å². The van der Waals surface area contributed by atoms with Crippen molar-refractivity contribution in [3.05, 3.63) is 47.8 Å². The normalized spacial score (nSPS) is 11.8. The molecule has 0 aliphatic rings. The van der Waals surface area contributed by atoms with E-state index in [1.165, 1.54) is 0 Å². The summed E-state index contributed by atoms with van der Waals surface area (Å²) >= 11 is 0. The van der Waals surface area contributed by atoms with Gasteiger partial charge in [0.05, 0.1) is 20.3 Å². The molecule has 2 aromatic rings. The van der Waals surface area contributed by atoms with Crippen molar-refractivity contribution in [3.63, 3.8) is 0 Å². The summed E-state index contributed by atoms with van der Waals surface area (Å²) in [4.78, 5) is 4.25. The van der Waals surface area contributed by atoms with E-state index in [2.05, 4.69) is 4.98 Å². The lowest BCUT2D eigenvalue weighted by Gasteiger charge is -2.12. The van der Waals surface area contributed by atoms with Gasteiger partial charge in [0, 0.05) is 12.3 Å². The van der Waals surface area contributed by atoms with Crippen molar-refractivity contribution in [3.8, 4) is 17.2 Å². The van der Waals surface area contributed by atoms with Crippen molar-refractivity contribution >= 4 is 0 Å². The second-order valence-corrected chi connectivity index (χ2v) is 4.53. The lowest BCUT2D eigenvalue weighted by atomic mass is 10.1. The van der Waals surface area contributed by atoms with Crippen molar-refractivity contribution in [1.82, 2.24) is 4.98 Å². The van der Waals surface area contributed by atoms with Crippen molar-refractivity contribution < 1.29 is 19.3 Å². The molecule has 0 fully saturated rings. The molecule has 21 heavy (non-hydrogen) atoms. The third-order valence-corrected chi connectivity index (χ3v) is 3.10. The Morgan fingerprint density at radius 1 is 1.10 bits per heavy atom. The summed E-state index contributed by atoms with van der Waals surface area (Å²) in [5.74, 6) is 1.89. The number of hydrogen-bond acceptors (Lipinski definition) is 5. The number of benzene rings is 1. The molecule has 0 spiro atoms. The minimum Gasteiger partial charge on any atom is -0.493 e. The number of aromatic nitrogens is 1. The molecule has 0 aliphatic heterocycles. The summed E-state index contributed by atoms with van der Waals surface area (Å²) < 4.78 is 16.2. The Morgan fingerprint density at radius 2 is 1.81 bits per heavy atom. The predicted molar refractivity (Wildman–Crippen MR) is 78.7 cm³/mol. The lowest BCUT2D eigenvalue weighted by Crippen LogP contribution is -2.03. The molecule has 1 N–H and O–H groups in total. The molecule has 0 bridgehead atoms. The van der Waals surface area contributed by atoms with Gasteiger partial charge in [-0.15, -0.1) is 0 Å². The van der Waals surface area contributed by atoms with Gasteiger partial charge in [0.1, 0.15) is 18.1 Å². The minimum absolute atomic E-state index is 0.272. The van der Waals surface area contributed by atoms with Crippen LogP contribution >= 0.6 is 0 Å². The fourth-order valence-corrected chi connectivity index (χ4v) is 1.95. The van der Waals surface area contributed by atoms with E-state index in [1.54, 1.807) is 33.4 Å². The molecule has 0 radical (unpaired) electrons. The average Bonchev–Trinajstić information content (AvgIpc) is 2.52. The van der Waals surface area contributed by atoms with Crippen molar-refractivity contribution in [2.24, 2.45) is 0 Å². The fourth-order valence-electron chi connectivity index (χ4n) is 1.95. The van der Waals surface area contributed by atoms with Gasteiger partial charge in [0.2, 0.25) is 0 Å². The predicted octanol–water partition coefficient (Wildman–Crippen LogP) is 2.73. The zero-order chi connectivity index (χ0) is 15.2. The molecule has 112 valence electrons. The van der Waals surface area contributed by atoms with E-state index in [1.807, 2.05) is 24.3 Å². The molecule has 5 heteroatoms. The van der Waals surface area contributed by atoms with Crippen LogP contribution in [0.25, 0.3) is 0 Å². The molecule has 0 amide bonds. The molecular weight excluding hydrogens is 270 g/mol. The largest absolute Gasteiger partial charge is 0.493 e. The van der Waals surface area contributed by atoms with Crippen LogP contribution in [-0.2, 0) is 6.61 Å². The molecule has 0 saturated carbocycles. The van der Waals surface area contributed by atoms with Crippen LogP contribution in [-0.4, -0.2) is 24.3 Å². The van der Waals surface area contributed by atoms with Gasteiger partial charge in [-0.1, -0.05) is 12.1 Å². The smallest absolute Gasteiger partial charge is 0.185 e. The van der Waals surface area contributed by atoms with Gasteiger partial charge >= 0.3 is 0 Å². The van der Waals surface area contributed by atoms with E-state index in [0.29, 0.717) is 22.9 Å². The van der Waals surface area contributed by atoms with E-state index >= 15 is 0 Å². The Morgan fingerprint density at radius 3 is 2.38 bits per heavy atom. The maximum atomic E-state index is 9.47.